The Morgan fingerprint density at radius 2 is 1.61 bits per heavy atom. The zero-order valence-electron chi connectivity index (χ0n) is 16.8. The van der Waals surface area contributed by atoms with E-state index in [1.165, 1.54) is 0 Å². The van der Waals surface area contributed by atoms with E-state index in [-0.39, 0.29) is 6.07 Å². The summed E-state index contributed by atoms with van der Waals surface area (Å²) in [5, 5.41) is 12.5. The maximum absolute atomic E-state index is 12.7. The average Bonchev–Trinajstić information content (AvgIpc) is 2.72. The first kappa shape index (κ1) is 29.5. The molecule has 0 bridgehead atoms. The number of hydrogen-bond donors (Lipinski definition) is 1. The van der Waals surface area contributed by atoms with E-state index in [1.54, 1.807) is 5.32 Å². The van der Waals surface area contributed by atoms with Crippen LogP contribution in [-0.2, 0) is 35.3 Å². The third kappa shape index (κ3) is 6.31. The number of carbonyl (C=O) groups excluding carboxylic acids is 1. The van der Waals surface area contributed by atoms with Gasteiger partial charge in [-0.25, -0.2) is 21.0 Å². The molecule has 2 rings (SSSR count). The van der Waals surface area contributed by atoms with Crippen LogP contribution in [0.4, 0.5) is 37.7 Å². The van der Waals surface area contributed by atoms with Crippen molar-refractivity contribution >= 4 is 59.4 Å². The molecule has 1 unspecified atom stereocenters. The highest BCUT2D eigenvalue weighted by molar-refractivity contribution is 7.92. The van der Waals surface area contributed by atoms with E-state index in [1.807, 2.05) is 0 Å². The lowest BCUT2D eigenvalue weighted by Gasteiger charge is -2.12. The molecule has 36 heavy (non-hydrogen) atoms. The Labute approximate surface area is 204 Å². The minimum atomic E-state index is -5.87. The molecule has 198 valence electrons. The van der Waals surface area contributed by atoms with Gasteiger partial charge in [-0.05, 0) is 30.3 Å². The Hall–Kier alpha value is -2.77. The van der Waals surface area contributed by atoms with Crippen molar-refractivity contribution in [3.05, 3.63) is 51.5 Å². The van der Waals surface area contributed by atoms with Gasteiger partial charge in [-0.2, -0.15) is 26.3 Å². The summed E-state index contributed by atoms with van der Waals surface area (Å²) >= 11 is 5.69. The fourth-order valence-corrected chi connectivity index (χ4v) is 5.42. The monoisotopic (exact) mass is 602 g/mol. The van der Waals surface area contributed by atoms with Gasteiger partial charge in [0.2, 0.25) is 5.91 Å². The van der Waals surface area contributed by atoms with Gasteiger partial charge in [0.1, 0.15) is 10.6 Å². The zero-order chi connectivity index (χ0) is 27.9. The molecular weight excluding hydrogens is 594 g/mol. The van der Waals surface area contributed by atoms with E-state index in [0.717, 1.165) is 0 Å². The van der Waals surface area contributed by atoms with Crippen LogP contribution >= 0.6 is 11.6 Å². The van der Waals surface area contributed by atoms with E-state index in [2.05, 4.69) is 0 Å². The quantitative estimate of drug-likeness (QED) is 0.286. The molecule has 0 aliphatic heterocycles. The standard InChI is InChI=1S/C16H9ClF6N2O8S3/c17-10-3-2-9(36(32,33)16(21,22)23)6-11(10)24-14(26)7-35(30,31)13-4-1-8(5-12(13)25(27)28)34(29)15(18,19)20/h1-6H,7H2,(H,24,26). The van der Waals surface area contributed by atoms with Crippen molar-refractivity contribution in [2.45, 2.75) is 25.7 Å². The van der Waals surface area contributed by atoms with Crippen LogP contribution in [0.3, 0.4) is 0 Å². The number of rotatable bonds is 7. The predicted molar refractivity (Wildman–Crippen MR) is 111 cm³/mol. The first-order valence-corrected chi connectivity index (χ1v) is 13.3. The summed E-state index contributed by atoms with van der Waals surface area (Å²) in [4.78, 5) is 18.3. The number of sulfone groups is 2. The summed E-state index contributed by atoms with van der Waals surface area (Å²) in [6.45, 7) is 0. The average molecular weight is 603 g/mol. The van der Waals surface area contributed by atoms with E-state index >= 15 is 0 Å². The van der Waals surface area contributed by atoms with Gasteiger partial charge in [0.25, 0.3) is 15.5 Å². The molecule has 0 fully saturated rings. The molecule has 1 atom stereocenters. The summed E-state index contributed by atoms with van der Waals surface area (Å²) in [5.41, 5.74) is -13.2. The lowest BCUT2D eigenvalue weighted by Crippen LogP contribution is -2.25. The summed E-state index contributed by atoms with van der Waals surface area (Å²) in [6, 6.07) is 2.21. The highest BCUT2D eigenvalue weighted by Gasteiger charge is 2.47. The number of nitrogens with zero attached hydrogens (tertiary/aromatic N) is 1. The Morgan fingerprint density at radius 3 is 2.11 bits per heavy atom. The predicted octanol–water partition coefficient (Wildman–Crippen LogP) is 3.58. The molecule has 0 saturated carbocycles. The summed E-state index contributed by atoms with van der Waals surface area (Å²) < 4.78 is 136. The second-order valence-corrected chi connectivity index (χ2v) is 12.3. The SMILES string of the molecule is O=C(CS(=O)(=O)c1ccc(S(=O)C(F)(F)F)cc1[N+](=O)[O-])Nc1cc(S(=O)(=O)C(F)(F)F)ccc1Cl. The van der Waals surface area contributed by atoms with Gasteiger partial charge in [0.05, 0.1) is 25.4 Å². The van der Waals surface area contributed by atoms with Gasteiger partial charge >= 0.3 is 11.0 Å². The number of halogens is 7. The second kappa shape index (κ2) is 9.94. The van der Waals surface area contributed by atoms with Crippen LogP contribution < -0.4 is 5.32 Å². The van der Waals surface area contributed by atoms with Crippen LogP contribution in [-0.4, -0.2) is 48.6 Å². The van der Waals surface area contributed by atoms with Crippen LogP contribution in [0.15, 0.2) is 51.1 Å². The Bertz CT molecular complexity index is 1470. The third-order valence-electron chi connectivity index (χ3n) is 4.03. The number of nitro benzene ring substituents is 1. The van der Waals surface area contributed by atoms with Gasteiger partial charge in [0.15, 0.2) is 20.6 Å². The van der Waals surface area contributed by atoms with Crippen molar-refractivity contribution in [2.75, 3.05) is 11.1 Å². The normalized spacial score (nSPS) is 13.8. The molecule has 0 saturated heterocycles. The molecule has 1 N–H and O–H groups in total. The van der Waals surface area contributed by atoms with Crippen molar-refractivity contribution in [3.63, 3.8) is 0 Å². The molecule has 0 aliphatic rings. The van der Waals surface area contributed by atoms with Crippen molar-refractivity contribution in [2.24, 2.45) is 0 Å². The molecule has 20 heteroatoms. The van der Waals surface area contributed by atoms with Crippen molar-refractivity contribution in [1.82, 2.24) is 0 Å². The number of nitro groups is 1. The summed E-state index contributed by atoms with van der Waals surface area (Å²) in [5.74, 6) is -3.17. The minimum absolute atomic E-state index is 0.0940. The number of nitrogens with one attached hydrogen (secondary N) is 1. The molecule has 0 aliphatic carbocycles. The third-order valence-corrected chi connectivity index (χ3v) is 8.61. The van der Waals surface area contributed by atoms with Crippen LogP contribution in [0.1, 0.15) is 0 Å². The fraction of sp³-hybridized carbons (Fsp3) is 0.188. The second-order valence-electron chi connectivity index (χ2n) is 6.50. The van der Waals surface area contributed by atoms with Crippen LogP contribution in [0.5, 0.6) is 0 Å². The van der Waals surface area contributed by atoms with Gasteiger partial charge in [-0.15, -0.1) is 0 Å². The topological polar surface area (TPSA) is 158 Å². The van der Waals surface area contributed by atoms with E-state index < -0.39 is 89.2 Å². The van der Waals surface area contributed by atoms with E-state index in [9.17, 15) is 62.3 Å². The van der Waals surface area contributed by atoms with Crippen LogP contribution in [0.25, 0.3) is 0 Å². The van der Waals surface area contributed by atoms with Gasteiger partial charge in [-0.1, -0.05) is 11.6 Å². The molecule has 2 aromatic rings. The fourth-order valence-electron chi connectivity index (χ4n) is 2.49. The Morgan fingerprint density at radius 1 is 1.03 bits per heavy atom. The number of carbonyl (C=O) groups is 1. The van der Waals surface area contributed by atoms with Crippen molar-refractivity contribution < 1.29 is 57.1 Å². The largest absolute Gasteiger partial charge is 0.501 e. The van der Waals surface area contributed by atoms with Crippen LogP contribution in [0.2, 0.25) is 5.02 Å². The molecule has 0 aromatic heterocycles. The first-order chi connectivity index (χ1) is 16.2. The van der Waals surface area contributed by atoms with Crippen molar-refractivity contribution in [3.8, 4) is 0 Å². The minimum Gasteiger partial charge on any atom is -0.324 e. The number of benzene rings is 2. The maximum atomic E-state index is 12.7. The Balaban J connectivity index is 2.40. The zero-order valence-corrected chi connectivity index (χ0v) is 20.0. The molecule has 0 spiro atoms. The summed E-state index contributed by atoms with van der Waals surface area (Å²) in [6.07, 6.45) is 0. The smallest absolute Gasteiger partial charge is 0.324 e. The molecule has 2 aromatic carbocycles. The van der Waals surface area contributed by atoms with Crippen molar-refractivity contribution in [1.29, 1.82) is 0 Å². The molecule has 1 amide bonds. The lowest BCUT2D eigenvalue weighted by molar-refractivity contribution is -0.388. The highest BCUT2D eigenvalue weighted by atomic mass is 35.5. The molecular formula is C16H9ClF6N2O8S3. The van der Waals surface area contributed by atoms with Crippen LogP contribution in [0, 0.1) is 10.1 Å². The Kier molecular flexibility index (Phi) is 8.14. The van der Waals surface area contributed by atoms with E-state index in [4.69, 9.17) is 11.6 Å². The molecule has 10 nitrogen and oxygen atoms in total. The van der Waals surface area contributed by atoms with Gasteiger partial charge in [0, 0.05) is 6.07 Å². The molecule has 0 heterocycles. The van der Waals surface area contributed by atoms with E-state index in [0.29, 0.717) is 30.3 Å². The van der Waals surface area contributed by atoms with Gasteiger partial charge in [-0.3, -0.25) is 14.9 Å². The first-order valence-electron chi connectivity index (χ1n) is 8.59. The molecule has 0 radical (unpaired) electrons. The number of alkyl halides is 6. The summed E-state index contributed by atoms with van der Waals surface area (Å²) in [7, 11) is -14.6. The number of hydrogen-bond acceptors (Lipinski definition) is 8. The maximum Gasteiger partial charge on any atom is 0.501 e. The highest BCUT2D eigenvalue weighted by Crippen LogP contribution is 2.35. The lowest BCUT2D eigenvalue weighted by atomic mass is 10.3. The van der Waals surface area contributed by atoms with Gasteiger partial charge < -0.3 is 5.32 Å². The number of amides is 1. The number of anilines is 1.